The van der Waals surface area contributed by atoms with Gasteiger partial charge in [-0.2, -0.15) is 0 Å². The molecule has 0 heterocycles. The van der Waals surface area contributed by atoms with Crippen LogP contribution in [0.4, 0.5) is 0 Å². The third kappa shape index (κ3) is 2.80. The topological polar surface area (TPSA) is 29.1 Å². The van der Waals surface area contributed by atoms with Crippen LogP contribution in [0.2, 0.25) is 0 Å². The van der Waals surface area contributed by atoms with Gasteiger partial charge in [0.1, 0.15) is 0 Å². The van der Waals surface area contributed by atoms with E-state index in [4.69, 9.17) is 11.6 Å². The zero-order chi connectivity index (χ0) is 16.2. The molecule has 2 unspecified atom stereocenters. The first-order valence-electron chi connectivity index (χ1n) is 8.91. The number of alkyl halides is 1. The Morgan fingerprint density at radius 1 is 1.22 bits per heavy atom. The number of hydrogen-bond donors (Lipinski definition) is 1. The third-order valence-corrected chi connectivity index (χ3v) is 6.81. The van der Waals surface area contributed by atoms with Gasteiger partial charge in [0.15, 0.2) is 0 Å². The molecule has 4 aliphatic carbocycles. The van der Waals surface area contributed by atoms with Crippen LogP contribution >= 0.6 is 11.6 Å². The Balaban J connectivity index is 1.49. The first kappa shape index (κ1) is 15.5. The standard InChI is InChI=1S/C20H26ClNO/c1-13-3-4-14(2)17(5-13)18(23)22-12-19-7-15-6-16(8-19)10-20(21,9-15)11-19/h3-5,15-16H,6-12H2,1-2H3,(H,22,23). The maximum absolute atomic E-state index is 12.6. The fourth-order valence-corrected chi connectivity index (χ4v) is 6.61. The van der Waals surface area contributed by atoms with Crippen LogP contribution < -0.4 is 5.32 Å². The number of rotatable bonds is 3. The summed E-state index contributed by atoms with van der Waals surface area (Å²) in [5, 5.41) is 3.24. The Morgan fingerprint density at radius 2 is 1.91 bits per heavy atom. The van der Waals surface area contributed by atoms with E-state index in [1.807, 2.05) is 26.0 Å². The van der Waals surface area contributed by atoms with Crippen molar-refractivity contribution < 1.29 is 4.79 Å². The van der Waals surface area contributed by atoms with Crippen molar-refractivity contribution in [1.82, 2.24) is 5.32 Å². The lowest BCUT2D eigenvalue weighted by atomic mass is 9.49. The number of amides is 1. The second-order valence-electron chi connectivity index (χ2n) is 8.61. The first-order valence-corrected chi connectivity index (χ1v) is 9.29. The SMILES string of the molecule is Cc1ccc(C)c(C(=O)NCC23CC4CC(CC(Cl)(C4)C2)C3)c1. The number of aryl methyl sites for hydroxylation is 2. The van der Waals surface area contributed by atoms with Crippen LogP contribution in [0.1, 0.15) is 60.0 Å². The molecule has 0 radical (unpaired) electrons. The zero-order valence-electron chi connectivity index (χ0n) is 14.1. The molecule has 5 rings (SSSR count). The normalized spacial score (nSPS) is 37.9. The molecule has 1 aromatic rings. The van der Waals surface area contributed by atoms with E-state index in [9.17, 15) is 4.79 Å². The lowest BCUT2D eigenvalue weighted by Gasteiger charge is -2.60. The quantitative estimate of drug-likeness (QED) is 0.805. The number of nitrogens with one attached hydrogen (secondary N) is 1. The molecule has 0 aliphatic heterocycles. The van der Waals surface area contributed by atoms with Crippen LogP contribution in [-0.4, -0.2) is 17.3 Å². The fourth-order valence-electron chi connectivity index (χ4n) is 5.89. The van der Waals surface area contributed by atoms with Gasteiger partial charge in [0.2, 0.25) is 0 Å². The molecule has 124 valence electrons. The second kappa shape index (κ2) is 5.24. The van der Waals surface area contributed by atoms with Crippen LogP contribution in [0, 0.1) is 31.1 Å². The van der Waals surface area contributed by atoms with Crippen molar-refractivity contribution in [3.63, 3.8) is 0 Å². The van der Waals surface area contributed by atoms with E-state index in [2.05, 4.69) is 11.4 Å². The van der Waals surface area contributed by atoms with Crippen molar-refractivity contribution in [1.29, 1.82) is 0 Å². The lowest BCUT2D eigenvalue weighted by Crippen LogP contribution is -2.56. The minimum absolute atomic E-state index is 0.0219. The van der Waals surface area contributed by atoms with E-state index < -0.39 is 0 Å². The van der Waals surface area contributed by atoms with Gasteiger partial charge < -0.3 is 5.32 Å². The van der Waals surface area contributed by atoms with Gasteiger partial charge in [0.05, 0.1) is 0 Å². The molecule has 4 fully saturated rings. The summed E-state index contributed by atoms with van der Waals surface area (Å²) in [6.45, 7) is 4.83. The largest absolute Gasteiger partial charge is 0.351 e. The van der Waals surface area contributed by atoms with Gasteiger partial charge in [-0.25, -0.2) is 0 Å². The van der Waals surface area contributed by atoms with Gasteiger partial charge in [0.25, 0.3) is 5.91 Å². The summed E-state index contributed by atoms with van der Waals surface area (Å²) in [5.41, 5.74) is 3.25. The molecule has 2 atom stereocenters. The van der Waals surface area contributed by atoms with Gasteiger partial charge in [-0.3, -0.25) is 4.79 Å². The molecule has 2 nitrogen and oxygen atoms in total. The van der Waals surface area contributed by atoms with Crippen molar-refractivity contribution >= 4 is 17.5 Å². The molecule has 4 aliphatic rings. The van der Waals surface area contributed by atoms with Gasteiger partial charge in [-0.05, 0) is 81.3 Å². The van der Waals surface area contributed by atoms with Crippen LogP contribution in [0.5, 0.6) is 0 Å². The van der Waals surface area contributed by atoms with E-state index in [0.29, 0.717) is 0 Å². The molecule has 0 aromatic heterocycles. The minimum atomic E-state index is 0.0219. The molecule has 1 amide bonds. The average molecular weight is 332 g/mol. The number of carbonyl (C=O) groups excluding carboxylic acids is 1. The van der Waals surface area contributed by atoms with Crippen molar-refractivity contribution in [3.8, 4) is 0 Å². The number of hydrogen-bond acceptors (Lipinski definition) is 1. The summed E-state index contributed by atoms with van der Waals surface area (Å²) in [6.07, 6.45) is 7.34. The molecule has 1 N–H and O–H groups in total. The van der Waals surface area contributed by atoms with Gasteiger partial charge in [-0.15, -0.1) is 11.6 Å². The number of halogens is 1. The Hall–Kier alpha value is -1.02. The monoisotopic (exact) mass is 331 g/mol. The molecule has 4 saturated carbocycles. The molecule has 23 heavy (non-hydrogen) atoms. The van der Waals surface area contributed by atoms with E-state index in [1.165, 1.54) is 32.1 Å². The van der Waals surface area contributed by atoms with Crippen LogP contribution in [0.25, 0.3) is 0 Å². The van der Waals surface area contributed by atoms with Crippen molar-refractivity contribution in [2.24, 2.45) is 17.3 Å². The van der Waals surface area contributed by atoms with Gasteiger partial charge >= 0.3 is 0 Å². The van der Waals surface area contributed by atoms with Crippen LogP contribution in [0.3, 0.4) is 0 Å². The number of carbonyl (C=O) groups is 1. The summed E-state index contributed by atoms with van der Waals surface area (Å²) in [6, 6.07) is 6.08. The molecule has 0 spiro atoms. The summed E-state index contributed by atoms with van der Waals surface area (Å²) in [4.78, 5) is 12.7. The highest BCUT2D eigenvalue weighted by atomic mass is 35.5. The summed E-state index contributed by atoms with van der Waals surface area (Å²) in [7, 11) is 0. The predicted molar refractivity (Wildman–Crippen MR) is 93.9 cm³/mol. The van der Waals surface area contributed by atoms with Crippen molar-refractivity contribution in [3.05, 3.63) is 34.9 Å². The highest BCUT2D eigenvalue weighted by molar-refractivity contribution is 6.24. The summed E-state index contributed by atoms with van der Waals surface area (Å²) in [5.74, 6) is 1.64. The van der Waals surface area contributed by atoms with E-state index in [0.717, 1.165) is 41.5 Å². The second-order valence-corrected chi connectivity index (χ2v) is 9.41. The molecular weight excluding hydrogens is 306 g/mol. The molecule has 0 saturated heterocycles. The van der Waals surface area contributed by atoms with E-state index in [-0.39, 0.29) is 16.2 Å². The lowest BCUT2D eigenvalue weighted by molar-refractivity contribution is -0.0379. The fraction of sp³-hybridized carbons (Fsp3) is 0.650. The summed E-state index contributed by atoms with van der Waals surface area (Å²) < 4.78 is 0. The number of benzene rings is 1. The Morgan fingerprint density at radius 3 is 2.57 bits per heavy atom. The van der Waals surface area contributed by atoms with Crippen molar-refractivity contribution in [2.45, 2.75) is 57.2 Å². The minimum Gasteiger partial charge on any atom is -0.351 e. The van der Waals surface area contributed by atoms with Gasteiger partial charge in [-0.1, -0.05) is 17.7 Å². The smallest absolute Gasteiger partial charge is 0.251 e. The Labute approximate surface area is 144 Å². The van der Waals surface area contributed by atoms with Gasteiger partial charge in [0, 0.05) is 17.0 Å². The molecular formula is C20H26ClNO. The highest BCUT2D eigenvalue weighted by Gasteiger charge is 2.56. The van der Waals surface area contributed by atoms with E-state index >= 15 is 0 Å². The Bertz CT molecular complexity index is 639. The zero-order valence-corrected chi connectivity index (χ0v) is 14.9. The van der Waals surface area contributed by atoms with E-state index in [1.54, 1.807) is 0 Å². The third-order valence-electron chi connectivity index (χ3n) is 6.37. The van der Waals surface area contributed by atoms with Crippen LogP contribution in [-0.2, 0) is 0 Å². The maximum Gasteiger partial charge on any atom is 0.251 e. The van der Waals surface area contributed by atoms with Crippen molar-refractivity contribution in [2.75, 3.05) is 6.54 Å². The predicted octanol–water partition coefficient (Wildman–Crippen LogP) is 4.61. The van der Waals surface area contributed by atoms with Crippen LogP contribution in [0.15, 0.2) is 18.2 Å². The average Bonchev–Trinajstić information content (AvgIpc) is 2.45. The maximum atomic E-state index is 12.6. The molecule has 1 aromatic carbocycles. The Kier molecular flexibility index (Phi) is 3.53. The first-order chi connectivity index (χ1) is 10.9. The molecule has 4 bridgehead atoms. The summed E-state index contributed by atoms with van der Waals surface area (Å²) >= 11 is 6.89. The highest BCUT2D eigenvalue weighted by Crippen LogP contribution is 2.63. The molecule has 3 heteroatoms.